The van der Waals surface area contributed by atoms with Gasteiger partial charge in [-0.2, -0.15) is 4.52 Å². The highest BCUT2D eigenvalue weighted by Crippen LogP contribution is 2.32. The fourth-order valence-corrected chi connectivity index (χ4v) is 4.42. The van der Waals surface area contributed by atoms with Crippen LogP contribution in [0.4, 0.5) is 5.82 Å². The molecule has 0 aromatic carbocycles. The van der Waals surface area contributed by atoms with E-state index in [1.165, 1.54) is 19.3 Å². The van der Waals surface area contributed by atoms with Gasteiger partial charge < -0.3 is 14.9 Å². The van der Waals surface area contributed by atoms with Gasteiger partial charge in [-0.15, -0.1) is 15.3 Å². The highest BCUT2D eigenvalue weighted by Gasteiger charge is 2.33. The first-order chi connectivity index (χ1) is 12.5. The lowest BCUT2D eigenvalue weighted by Crippen LogP contribution is -2.47. The van der Waals surface area contributed by atoms with Crippen molar-refractivity contribution in [2.24, 2.45) is 0 Å². The van der Waals surface area contributed by atoms with Gasteiger partial charge in [-0.3, -0.25) is 0 Å². The van der Waals surface area contributed by atoms with Crippen molar-refractivity contribution >= 4 is 11.5 Å². The van der Waals surface area contributed by atoms with Crippen LogP contribution in [0.15, 0.2) is 12.1 Å². The van der Waals surface area contributed by atoms with E-state index >= 15 is 0 Å². The van der Waals surface area contributed by atoms with Crippen molar-refractivity contribution in [3.8, 4) is 0 Å². The summed E-state index contributed by atoms with van der Waals surface area (Å²) in [6.07, 6.45) is 7.61. The van der Waals surface area contributed by atoms with E-state index in [9.17, 15) is 5.11 Å². The van der Waals surface area contributed by atoms with Gasteiger partial charge in [0.15, 0.2) is 11.5 Å². The second kappa shape index (κ2) is 7.12. The van der Waals surface area contributed by atoms with Crippen LogP contribution in [0.1, 0.15) is 56.7 Å². The Morgan fingerprint density at radius 2 is 1.85 bits per heavy atom. The quantitative estimate of drug-likeness (QED) is 0.902. The highest BCUT2D eigenvalue weighted by atomic mass is 16.3. The lowest BCUT2D eigenvalue weighted by molar-refractivity contribution is -0.0309. The summed E-state index contributed by atoms with van der Waals surface area (Å²) in [4.78, 5) is 4.43. The van der Waals surface area contributed by atoms with Crippen molar-refractivity contribution in [1.29, 1.82) is 0 Å². The van der Waals surface area contributed by atoms with E-state index in [4.69, 9.17) is 5.10 Å². The van der Waals surface area contributed by atoms with Crippen molar-refractivity contribution in [3.63, 3.8) is 0 Å². The molecule has 2 aromatic heterocycles. The van der Waals surface area contributed by atoms with Crippen LogP contribution in [-0.4, -0.2) is 69.1 Å². The maximum atomic E-state index is 10.8. The van der Waals surface area contributed by atoms with Crippen molar-refractivity contribution in [3.05, 3.63) is 18.0 Å². The Kier molecular flexibility index (Phi) is 4.84. The van der Waals surface area contributed by atoms with E-state index < -0.39 is 5.60 Å². The number of hydrogen-bond acceptors (Lipinski definition) is 6. The number of nitrogens with zero attached hydrogens (tertiary/aromatic N) is 6. The summed E-state index contributed by atoms with van der Waals surface area (Å²) in [5.74, 6) is 2.27. The molecule has 26 heavy (non-hydrogen) atoms. The molecule has 2 fully saturated rings. The molecule has 1 saturated heterocycles. The maximum absolute atomic E-state index is 10.8. The van der Waals surface area contributed by atoms with E-state index in [2.05, 4.69) is 15.1 Å². The molecule has 1 aliphatic carbocycles. The Labute approximate surface area is 155 Å². The molecule has 7 heteroatoms. The zero-order chi connectivity index (χ0) is 18.1. The van der Waals surface area contributed by atoms with Crippen LogP contribution in [0.5, 0.6) is 0 Å². The lowest BCUT2D eigenvalue weighted by atomic mass is 9.84. The molecule has 142 valence electrons. The summed E-state index contributed by atoms with van der Waals surface area (Å²) in [7, 11) is 3.99. The third-order valence-electron chi connectivity index (χ3n) is 5.99. The van der Waals surface area contributed by atoms with Crippen LogP contribution in [0.3, 0.4) is 0 Å². The van der Waals surface area contributed by atoms with E-state index in [-0.39, 0.29) is 0 Å². The van der Waals surface area contributed by atoms with E-state index in [0.29, 0.717) is 5.92 Å². The van der Waals surface area contributed by atoms with E-state index in [1.54, 1.807) is 0 Å². The molecule has 1 saturated carbocycles. The van der Waals surface area contributed by atoms with Gasteiger partial charge in [0.2, 0.25) is 0 Å². The molecule has 0 amide bonds. The maximum Gasteiger partial charge on any atom is 0.178 e. The van der Waals surface area contributed by atoms with Crippen molar-refractivity contribution in [1.82, 2.24) is 24.7 Å². The Morgan fingerprint density at radius 3 is 2.54 bits per heavy atom. The topological polar surface area (TPSA) is 69.8 Å². The monoisotopic (exact) mass is 358 g/mol. The second-order valence-corrected chi connectivity index (χ2v) is 8.25. The fourth-order valence-electron chi connectivity index (χ4n) is 4.42. The number of aromatic nitrogens is 4. The number of rotatable bonds is 4. The van der Waals surface area contributed by atoms with Gasteiger partial charge >= 0.3 is 0 Å². The highest BCUT2D eigenvalue weighted by molar-refractivity contribution is 5.45. The number of piperidine rings is 1. The molecule has 0 radical (unpaired) electrons. The van der Waals surface area contributed by atoms with Gasteiger partial charge in [0, 0.05) is 26.6 Å². The number of anilines is 1. The average Bonchev–Trinajstić information content (AvgIpc) is 3.06. The van der Waals surface area contributed by atoms with Crippen LogP contribution in [-0.2, 0) is 0 Å². The molecule has 7 nitrogen and oxygen atoms in total. The zero-order valence-corrected chi connectivity index (χ0v) is 15.9. The molecular formula is C19H30N6O. The molecule has 2 aromatic rings. The molecule has 0 spiro atoms. The Morgan fingerprint density at radius 1 is 1.12 bits per heavy atom. The van der Waals surface area contributed by atoms with Crippen LogP contribution in [0, 0.1) is 0 Å². The molecule has 0 atom stereocenters. The average molecular weight is 358 g/mol. The third kappa shape index (κ3) is 3.55. The third-order valence-corrected chi connectivity index (χ3v) is 5.99. The van der Waals surface area contributed by atoms with E-state index in [1.807, 2.05) is 35.6 Å². The summed E-state index contributed by atoms with van der Waals surface area (Å²) in [6, 6.07) is 3.95. The zero-order valence-electron chi connectivity index (χ0n) is 15.9. The first-order valence-corrected chi connectivity index (χ1v) is 9.88. The minimum absolute atomic E-state index is 0.382. The number of aliphatic hydroxyl groups is 1. The van der Waals surface area contributed by atoms with Crippen LogP contribution >= 0.6 is 0 Å². The van der Waals surface area contributed by atoms with Crippen molar-refractivity contribution < 1.29 is 5.11 Å². The molecule has 0 unspecified atom stereocenters. The summed E-state index contributed by atoms with van der Waals surface area (Å²) < 4.78 is 1.91. The van der Waals surface area contributed by atoms with Gasteiger partial charge in [-0.1, -0.05) is 19.3 Å². The molecular weight excluding hydrogens is 328 g/mol. The standard InChI is InChI=1S/C19H30N6O/c1-23(2)17-7-6-16-20-21-18(25(16)22-17)15-8-12-24(13-9-15)14-19(26)10-4-3-5-11-19/h6-7,15,26H,3-5,8-14H2,1-2H3. The second-order valence-electron chi connectivity index (χ2n) is 8.25. The first kappa shape index (κ1) is 17.7. The molecule has 3 heterocycles. The predicted octanol–water partition coefficient (Wildman–Crippen LogP) is 2.06. The van der Waals surface area contributed by atoms with Gasteiger partial charge in [0.05, 0.1) is 5.60 Å². The SMILES string of the molecule is CN(C)c1ccc2nnc(C3CCN(CC4(O)CCCCC4)CC3)n2n1. The molecule has 1 N–H and O–H groups in total. The van der Waals surface area contributed by atoms with Crippen molar-refractivity contribution in [2.75, 3.05) is 38.6 Å². The van der Waals surface area contributed by atoms with Crippen molar-refractivity contribution in [2.45, 2.75) is 56.5 Å². The Bertz CT molecular complexity index is 744. The lowest BCUT2D eigenvalue weighted by Gasteiger charge is -2.39. The van der Waals surface area contributed by atoms with Gasteiger partial charge in [-0.05, 0) is 50.9 Å². The summed E-state index contributed by atoms with van der Waals surface area (Å²) in [5, 5.41) is 24.2. The van der Waals surface area contributed by atoms with Crippen LogP contribution < -0.4 is 4.90 Å². The number of fused-ring (bicyclic) bond motifs is 1. The van der Waals surface area contributed by atoms with E-state index in [0.717, 1.165) is 62.6 Å². The summed E-state index contributed by atoms with van der Waals surface area (Å²) in [6.45, 7) is 2.84. The smallest absolute Gasteiger partial charge is 0.178 e. The number of hydrogen-bond donors (Lipinski definition) is 1. The number of likely N-dealkylation sites (tertiary alicyclic amines) is 1. The van der Waals surface area contributed by atoms with Crippen LogP contribution in [0.25, 0.3) is 5.65 Å². The largest absolute Gasteiger partial charge is 0.389 e. The minimum atomic E-state index is -0.463. The summed E-state index contributed by atoms with van der Waals surface area (Å²) in [5.41, 5.74) is 0.346. The van der Waals surface area contributed by atoms with Gasteiger partial charge in [0.1, 0.15) is 5.82 Å². The van der Waals surface area contributed by atoms with Crippen LogP contribution in [0.2, 0.25) is 0 Å². The van der Waals surface area contributed by atoms with Gasteiger partial charge in [-0.25, -0.2) is 0 Å². The first-order valence-electron chi connectivity index (χ1n) is 9.88. The summed E-state index contributed by atoms with van der Waals surface area (Å²) >= 11 is 0. The fraction of sp³-hybridized carbons (Fsp3) is 0.737. The molecule has 4 rings (SSSR count). The molecule has 0 bridgehead atoms. The Hall–Kier alpha value is -1.73. The Balaban J connectivity index is 1.43. The predicted molar refractivity (Wildman–Crippen MR) is 102 cm³/mol. The minimum Gasteiger partial charge on any atom is -0.389 e. The molecule has 1 aliphatic heterocycles. The molecule has 2 aliphatic rings. The van der Waals surface area contributed by atoms with Gasteiger partial charge in [0.25, 0.3) is 0 Å². The normalized spacial score (nSPS) is 22.0. The number of β-amino-alcohol motifs (C(OH)–C–C–N with tert-alkyl or cyclic N) is 1.